The van der Waals surface area contributed by atoms with Crippen LogP contribution in [-0.2, 0) is 9.59 Å². The molecule has 6 N–H and O–H groups in total. The van der Waals surface area contributed by atoms with E-state index in [2.05, 4.69) is 26.3 Å². The van der Waals surface area contributed by atoms with Crippen molar-refractivity contribution >= 4 is 29.8 Å². The van der Waals surface area contributed by atoms with Crippen molar-refractivity contribution in [2.75, 3.05) is 32.8 Å². The van der Waals surface area contributed by atoms with E-state index in [1.807, 2.05) is 18.2 Å². The summed E-state index contributed by atoms with van der Waals surface area (Å²) in [6, 6.07) is 11.9. The molecule has 0 saturated carbocycles. The lowest BCUT2D eigenvalue weighted by Gasteiger charge is -2.15. The van der Waals surface area contributed by atoms with Crippen molar-refractivity contribution in [2.45, 2.75) is 6.04 Å². The van der Waals surface area contributed by atoms with Gasteiger partial charge in [0.1, 0.15) is 24.1 Å². The van der Waals surface area contributed by atoms with Crippen LogP contribution < -0.4 is 26.0 Å². The number of rotatable bonds is 11. The number of nitrogens with one attached hydrogen (secondary N) is 4. The van der Waals surface area contributed by atoms with Crippen molar-refractivity contribution in [1.82, 2.24) is 21.3 Å². The molecule has 2 amide bonds. The standard InChI is InChI=1S/C24H27N5O6/c30-20-14-17(35-13-12-27-24-25-10-11-26-24)7-8-18(20)22(32)28-15-19(23(33)34)29-21(31)9-6-16-4-2-1-3-5-16/h1-9,14,19,30H,10-13,15H2,(H,28,32)(H,29,31)(H,33,34)(H2,25,26,27)/t19-/m0/s1. The number of phenolic OH excluding ortho intramolecular Hbond substituents is 1. The topological polar surface area (TPSA) is 161 Å². The molecule has 1 heterocycles. The number of carbonyl (C=O) groups is 3. The Labute approximate surface area is 201 Å². The van der Waals surface area contributed by atoms with Gasteiger partial charge in [-0.2, -0.15) is 0 Å². The van der Waals surface area contributed by atoms with Crippen molar-refractivity contribution in [3.63, 3.8) is 0 Å². The van der Waals surface area contributed by atoms with Crippen molar-refractivity contribution in [3.05, 3.63) is 65.7 Å². The fourth-order valence-corrected chi connectivity index (χ4v) is 3.09. The number of aliphatic imine (C=N–C) groups is 1. The Kier molecular flexibility index (Phi) is 9.06. The van der Waals surface area contributed by atoms with Gasteiger partial charge >= 0.3 is 5.97 Å². The molecule has 2 aromatic carbocycles. The number of hydrogen-bond donors (Lipinski definition) is 6. The quantitative estimate of drug-likeness (QED) is 0.198. The molecule has 0 bridgehead atoms. The number of benzene rings is 2. The highest BCUT2D eigenvalue weighted by atomic mass is 16.5. The van der Waals surface area contributed by atoms with Crippen LogP contribution in [0.25, 0.3) is 6.08 Å². The van der Waals surface area contributed by atoms with E-state index in [0.717, 1.165) is 18.7 Å². The Hall–Kier alpha value is -4.54. The van der Waals surface area contributed by atoms with Crippen LogP contribution >= 0.6 is 0 Å². The molecule has 0 fully saturated rings. The molecule has 184 valence electrons. The summed E-state index contributed by atoms with van der Waals surface area (Å²) >= 11 is 0. The summed E-state index contributed by atoms with van der Waals surface area (Å²) in [6.07, 6.45) is 2.76. The fourth-order valence-electron chi connectivity index (χ4n) is 3.09. The molecule has 1 aliphatic rings. The third kappa shape index (κ3) is 8.07. The Morgan fingerprint density at radius 1 is 1.17 bits per heavy atom. The van der Waals surface area contributed by atoms with Crippen molar-refractivity contribution in [1.29, 1.82) is 0 Å². The van der Waals surface area contributed by atoms with Gasteiger partial charge in [-0.1, -0.05) is 30.3 Å². The number of carbonyl (C=O) groups excluding carboxylic acids is 2. The molecule has 0 aromatic heterocycles. The second kappa shape index (κ2) is 12.6. The van der Waals surface area contributed by atoms with Gasteiger partial charge in [-0.15, -0.1) is 0 Å². The lowest BCUT2D eigenvalue weighted by atomic mass is 10.1. The van der Waals surface area contributed by atoms with Gasteiger partial charge in [0, 0.05) is 25.2 Å². The average molecular weight is 482 g/mol. The zero-order valence-electron chi connectivity index (χ0n) is 18.9. The highest BCUT2D eigenvalue weighted by molar-refractivity contribution is 5.98. The second-order valence-corrected chi connectivity index (χ2v) is 7.46. The minimum atomic E-state index is -1.36. The number of aromatic hydroxyl groups is 1. The van der Waals surface area contributed by atoms with Crippen LogP contribution in [-0.4, -0.2) is 72.8 Å². The van der Waals surface area contributed by atoms with Gasteiger partial charge in [0.25, 0.3) is 5.91 Å². The molecule has 0 radical (unpaired) electrons. The number of hydrogen-bond acceptors (Lipinski definition) is 8. The minimum Gasteiger partial charge on any atom is -0.507 e. The molecule has 1 atom stereocenters. The maximum absolute atomic E-state index is 12.4. The molecular formula is C24H27N5O6. The molecule has 11 heteroatoms. The van der Waals surface area contributed by atoms with E-state index in [4.69, 9.17) is 4.74 Å². The first kappa shape index (κ1) is 25.1. The molecule has 35 heavy (non-hydrogen) atoms. The Morgan fingerprint density at radius 2 is 1.97 bits per heavy atom. The molecule has 0 unspecified atom stereocenters. The summed E-state index contributed by atoms with van der Waals surface area (Å²) in [6.45, 7) is 1.96. The lowest BCUT2D eigenvalue weighted by Crippen LogP contribution is -2.48. The summed E-state index contributed by atoms with van der Waals surface area (Å²) in [5.41, 5.74) is 0.724. The Morgan fingerprint density at radius 3 is 2.66 bits per heavy atom. The van der Waals surface area contributed by atoms with Crippen LogP contribution in [0.1, 0.15) is 15.9 Å². The number of aliphatic carboxylic acids is 1. The zero-order valence-corrected chi connectivity index (χ0v) is 18.9. The van der Waals surface area contributed by atoms with Crippen LogP contribution in [0.2, 0.25) is 0 Å². The second-order valence-electron chi connectivity index (χ2n) is 7.46. The van der Waals surface area contributed by atoms with Crippen molar-refractivity contribution < 1.29 is 29.3 Å². The Bertz CT molecular complexity index is 1100. The molecule has 3 rings (SSSR count). The maximum atomic E-state index is 12.4. The van der Waals surface area contributed by atoms with Crippen LogP contribution in [0.5, 0.6) is 11.5 Å². The maximum Gasteiger partial charge on any atom is 0.328 e. The first-order chi connectivity index (χ1) is 16.9. The van der Waals surface area contributed by atoms with Crippen LogP contribution in [0, 0.1) is 0 Å². The number of guanidine groups is 1. The number of ether oxygens (including phenoxy) is 1. The molecular weight excluding hydrogens is 454 g/mol. The lowest BCUT2D eigenvalue weighted by molar-refractivity contribution is -0.141. The fraction of sp³-hybridized carbons (Fsp3) is 0.250. The minimum absolute atomic E-state index is 0.0561. The Balaban J connectivity index is 1.47. The van der Waals surface area contributed by atoms with Gasteiger partial charge in [0.15, 0.2) is 5.96 Å². The molecule has 11 nitrogen and oxygen atoms in total. The van der Waals surface area contributed by atoms with E-state index in [1.54, 1.807) is 18.2 Å². The third-order valence-electron chi connectivity index (χ3n) is 4.86. The largest absolute Gasteiger partial charge is 0.507 e. The predicted octanol–water partition coefficient (Wildman–Crippen LogP) is 0.332. The first-order valence-electron chi connectivity index (χ1n) is 10.9. The number of phenols is 1. The van der Waals surface area contributed by atoms with Crippen LogP contribution in [0.3, 0.4) is 0 Å². The van der Waals surface area contributed by atoms with E-state index in [-0.39, 0.29) is 17.9 Å². The molecule has 0 spiro atoms. The van der Waals surface area contributed by atoms with Gasteiger partial charge in [0.05, 0.1) is 18.7 Å². The van der Waals surface area contributed by atoms with E-state index < -0.39 is 23.8 Å². The number of nitrogens with zero attached hydrogens (tertiary/aromatic N) is 1. The normalized spacial score (nSPS) is 13.4. The number of amides is 2. The van der Waals surface area contributed by atoms with Gasteiger partial charge in [0.2, 0.25) is 5.91 Å². The van der Waals surface area contributed by atoms with E-state index in [1.165, 1.54) is 24.3 Å². The van der Waals surface area contributed by atoms with Gasteiger partial charge < -0.3 is 36.2 Å². The summed E-state index contributed by atoms with van der Waals surface area (Å²) in [4.78, 5) is 40.2. The molecule has 1 aliphatic heterocycles. The van der Waals surface area contributed by atoms with Gasteiger partial charge in [-0.3, -0.25) is 14.6 Å². The van der Waals surface area contributed by atoms with Crippen molar-refractivity contribution in [3.8, 4) is 11.5 Å². The summed E-state index contributed by atoms with van der Waals surface area (Å²) in [7, 11) is 0. The first-order valence-corrected chi connectivity index (χ1v) is 10.9. The summed E-state index contributed by atoms with van der Waals surface area (Å²) in [5, 5.41) is 30.5. The monoisotopic (exact) mass is 481 g/mol. The van der Waals surface area contributed by atoms with Crippen LogP contribution in [0.4, 0.5) is 0 Å². The molecule has 0 saturated heterocycles. The van der Waals surface area contributed by atoms with E-state index in [0.29, 0.717) is 24.9 Å². The van der Waals surface area contributed by atoms with Crippen molar-refractivity contribution in [2.24, 2.45) is 4.99 Å². The highest BCUT2D eigenvalue weighted by Gasteiger charge is 2.21. The van der Waals surface area contributed by atoms with Gasteiger partial charge in [-0.25, -0.2) is 4.79 Å². The smallest absolute Gasteiger partial charge is 0.328 e. The summed E-state index contributed by atoms with van der Waals surface area (Å²) < 4.78 is 5.54. The number of carboxylic acid groups (broad SMARTS) is 1. The van der Waals surface area contributed by atoms with Gasteiger partial charge in [-0.05, 0) is 23.8 Å². The molecule has 0 aliphatic carbocycles. The number of carboxylic acids is 1. The van der Waals surface area contributed by atoms with E-state index in [9.17, 15) is 24.6 Å². The SMILES string of the molecule is O=C(C=Cc1ccccc1)N[C@@H](CNC(=O)c1ccc(OCCNC2=NCCN2)cc1O)C(=O)O. The summed E-state index contributed by atoms with van der Waals surface area (Å²) in [5.74, 6) is -1.87. The predicted molar refractivity (Wildman–Crippen MR) is 129 cm³/mol. The van der Waals surface area contributed by atoms with E-state index >= 15 is 0 Å². The third-order valence-corrected chi connectivity index (χ3v) is 4.86. The zero-order chi connectivity index (χ0) is 25.0. The highest BCUT2D eigenvalue weighted by Crippen LogP contribution is 2.23. The average Bonchev–Trinajstić information content (AvgIpc) is 3.37. The molecule has 2 aromatic rings. The van der Waals surface area contributed by atoms with Crippen LogP contribution in [0.15, 0.2) is 59.6 Å².